The van der Waals surface area contributed by atoms with Crippen LogP contribution in [0.25, 0.3) is 0 Å². The summed E-state index contributed by atoms with van der Waals surface area (Å²) in [5.41, 5.74) is 2.15. The molecule has 108 valence electrons. The number of anilines is 1. The molecule has 1 fully saturated rings. The molecular formula is C15H21N3O2. The number of hydrogen-bond acceptors (Lipinski definition) is 4. The van der Waals surface area contributed by atoms with Gasteiger partial charge in [-0.25, -0.2) is 0 Å². The van der Waals surface area contributed by atoms with Gasteiger partial charge < -0.3 is 10.2 Å². The number of amides is 2. The van der Waals surface area contributed by atoms with Crippen LogP contribution in [0.15, 0.2) is 24.3 Å². The van der Waals surface area contributed by atoms with Gasteiger partial charge in [-0.3, -0.25) is 14.9 Å². The van der Waals surface area contributed by atoms with E-state index >= 15 is 0 Å². The maximum Gasteiger partial charge on any atom is 0.246 e. The van der Waals surface area contributed by atoms with Gasteiger partial charge in [0.15, 0.2) is 0 Å². The number of nitrogens with one attached hydrogen (secondary N) is 2. The third-order valence-electron chi connectivity index (χ3n) is 3.07. The molecule has 0 aliphatic carbocycles. The highest BCUT2D eigenvalue weighted by molar-refractivity contribution is 6.02. The molecule has 2 N–H and O–H groups in total. The molecule has 1 aromatic rings. The Kier molecular flexibility index (Phi) is 4.09. The van der Waals surface area contributed by atoms with Gasteiger partial charge in [0.25, 0.3) is 0 Å². The minimum absolute atomic E-state index is 0.0794. The molecule has 0 aromatic heterocycles. The van der Waals surface area contributed by atoms with Crippen molar-refractivity contribution in [1.29, 1.82) is 0 Å². The highest BCUT2D eigenvalue weighted by atomic mass is 16.2. The van der Waals surface area contributed by atoms with Crippen molar-refractivity contribution < 1.29 is 9.59 Å². The average Bonchev–Trinajstić information content (AvgIpc) is 2.35. The molecular weight excluding hydrogens is 254 g/mol. The second-order valence-electron chi connectivity index (χ2n) is 6.10. The Labute approximate surface area is 119 Å². The number of piperazine rings is 1. The van der Waals surface area contributed by atoms with E-state index in [0.717, 1.165) is 12.2 Å². The second kappa shape index (κ2) is 5.63. The first-order chi connectivity index (χ1) is 9.33. The number of carbonyl (C=O) groups is 2. The normalized spacial score (nSPS) is 16.2. The Morgan fingerprint density at radius 3 is 2.15 bits per heavy atom. The van der Waals surface area contributed by atoms with Crippen molar-refractivity contribution in [2.75, 3.05) is 18.0 Å². The summed E-state index contributed by atoms with van der Waals surface area (Å²) in [6.45, 7) is 7.62. The van der Waals surface area contributed by atoms with E-state index in [-0.39, 0.29) is 30.4 Å². The predicted octanol–water partition coefficient (Wildman–Crippen LogP) is 1.04. The van der Waals surface area contributed by atoms with Crippen molar-refractivity contribution >= 4 is 17.5 Å². The third kappa shape index (κ3) is 4.06. The number of carbonyl (C=O) groups excluding carboxylic acids is 2. The molecule has 2 amide bonds. The van der Waals surface area contributed by atoms with Crippen LogP contribution in [0.2, 0.25) is 0 Å². The molecule has 2 rings (SSSR count). The Morgan fingerprint density at radius 1 is 1.10 bits per heavy atom. The summed E-state index contributed by atoms with van der Waals surface area (Å²) in [5.74, 6) is -0.501. The fraction of sp³-hybridized carbons (Fsp3) is 0.467. The zero-order valence-electron chi connectivity index (χ0n) is 12.2. The van der Waals surface area contributed by atoms with Crippen molar-refractivity contribution in [1.82, 2.24) is 10.6 Å². The minimum Gasteiger partial charge on any atom is -0.353 e. The van der Waals surface area contributed by atoms with Crippen molar-refractivity contribution in [2.45, 2.75) is 32.9 Å². The predicted molar refractivity (Wildman–Crippen MR) is 78.4 cm³/mol. The lowest BCUT2D eigenvalue weighted by Gasteiger charge is -2.27. The van der Waals surface area contributed by atoms with E-state index in [9.17, 15) is 9.59 Å². The van der Waals surface area contributed by atoms with Crippen LogP contribution in [0, 0.1) is 0 Å². The standard InChI is InChI=1S/C15H21N3O2/c1-15(2,3)16-8-11-4-6-12(7-5-11)18-9-13(19)17-14(20)10-18/h4-7,16H,8-10H2,1-3H3,(H,17,19,20). The summed E-state index contributed by atoms with van der Waals surface area (Å²) in [4.78, 5) is 24.5. The van der Waals surface area contributed by atoms with Crippen LogP contribution in [-0.2, 0) is 16.1 Å². The molecule has 1 aliphatic heterocycles. The van der Waals surface area contributed by atoms with Gasteiger partial charge in [0.2, 0.25) is 11.8 Å². The Bertz CT molecular complexity index is 487. The summed E-state index contributed by atoms with van der Waals surface area (Å²) in [6.07, 6.45) is 0. The van der Waals surface area contributed by atoms with Crippen LogP contribution in [0.4, 0.5) is 5.69 Å². The monoisotopic (exact) mass is 275 g/mol. The molecule has 0 atom stereocenters. The highest BCUT2D eigenvalue weighted by Crippen LogP contribution is 2.16. The number of imide groups is 1. The van der Waals surface area contributed by atoms with Crippen LogP contribution >= 0.6 is 0 Å². The van der Waals surface area contributed by atoms with E-state index in [2.05, 4.69) is 31.4 Å². The molecule has 1 aliphatic rings. The molecule has 0 bridgehead atoms. The maximum atomic E-state index is 11.4. The van der Waals surface area contributed by atoms with Crippen LogP contribution in [-0.4, -0.2) is 30.4 Å². The Morgan fingerprint density at radius 2 is 1.65 bits per heavy atom. The van der Waals surface area contributed by atoms with E-state index in [0.29, 0.717) is 0 Å². The molecule has 0 unspecified atom stereocenters. The molecule has 0 spiro atoms. The molecule has 0 saturated carbocycles. The van der Waals surface area contributed by atoms with Gasteiger partial charge in [0, 0.05) is 17.8 Å². The third-order valence-corrected chi connectivity index (χ3v) is 3.07. The molecule has 5 heteroatoms. The summed E-state index contributed by atoms with van der Waals surface area (Å²) in [6, 6.07) is 7.94. The van der Waals surface area contributed by atoms with Gasteiger partial charge >= 0.3 is 0 Å². The highest BCUT2D eigenvalue weighted by Gasteiger charge is 2.22. The van der Waals surface area contributed by atoms with Gasteiger partial charge in [-0.1, -0.05) is 12.1 Å². The number of benzene rings is 1. The first kappa shape index (κ1) is 14.5. The number of nitrogens with zero attached hydrogens (tertiary/aromatic N) is 1. The largest absolute Gasteiger partial charge is 0.353 e. The first-order valence-corrected chi connectivity index (χ1v) is 6.75. The van der Waals surface area contributed by atoms with Gasteiger partial charge in [-0.2, -0.15) is 0 Å². The van der Waals surface area contributed by atoms with Crippen LogP contribution in [0.3, 0.4) is 0 Å². The fourth-order valence-electron chi connectivity index (χ4n) is 2.01. The fourth-order valence-corrected chi connectivity index (χ4v) is 2.01. The van der Waals surface area contributed by atoms with E-state index in [1.54, 1.807) is 4.90 Å². The van der Waals surface area contributed by atoms with Crippen LogP contribution in [0.5, 0.6) is 0 Å². The SMILES string of the molecule is CC(C)(C)NCc1ccc(N2CC(=O)NC(=O)C2)cc1. The van der Waals surface area contributed by atoms with Crippen LogP contribution < -0.4 is 15.5 Å². The van der Waals surface area contributed by atoms with Crippen molar-refractivity contribution in [3.63, 3.8) is 0 Å². The van der Waals surface area contributed by atoms with Gasteiger partial charge in [0.1, 0.15) is 0 Å². The first-order valence-electron chi connectivity index (χ1n) is 6.75. The summed E-state index contributed by atoms with van der Waals surface area (Å²) in [5, 5.41) is 5.72. The van der Waals surface area contributed by atoms with E-state index in [4.69, 9.17) is 0 Å². The van der Waals surface area contributed by atoms with Crippen LogP contribution in [0.1, 0.15) is 26.3 Å². The Hall–Kier alpha value is -1.88. The van der Waals surface area contributed by atoms with E-state index < -0.39 is 0 Å². The zero-order valence-corrected chi connectivity index (χ0v) is 12.2. The summed E-state index contributed by atoms with van der Waals surface area (Å²) < 4.78 is 0. The number of rotatable bonds is 3. The smallest absolute Gasteiger partial charge is 0.246 e. The lowest BCUT2D eigenvalue weighted by molar-refractivity contribution is -0.130. The Balaban J connectivity index is 2.01. The molecule has 1 aromatic carbocycles. The van der Waals surface area contributed by atoms with Gasteiger partial charge in [0.05, 0.1) is 13.1 Å². The van der Waals surface area contributed by atoms with E-state index in [1.807, 2.05) is 24.3 Å². The maximum absolute atomic E-state index is 11.4. The second-order valence-corrected chi connectivity index (χ2v) is 6.10. The zero-order chi connectivity index (χ0) is 14.8. The topological polar surface area (TPSA) is 61.4 Å². The lowest BCUT2D eigenvalue weighted by Crippen LogP contribution is -2.51. The summed E-state index contributed by atoms with van der Waals surface area (Å²) >= 11 is 0. The molecule has 20 heavy (non-hydrogen) atoms. The van der Waals surface area contributed by atoms with Gasteiger partial charge in [-0.05, 0) is 38.5 Å². The van der Waals surface area contributed by atoms with Crippen molar-refractivity contribution in [3.8, 4) is 0 Å². The molecule has 1 heterocycles. The average molecular weight is 275 g/mol. The van der Waals surface area contributed by atoms with Crippen molar-refractivity contribution in [3.05, 3.63) is 29.8 Å². The lowest BCUT2D eigenvalue weighted by atomic mass is 10.1. The molecule has 5 nitrogen and oxygen atoms in total. The van der Waals surface area contributed by atoms with E-state index in [1.165, 1.54) is 5.56 Å². The van der Waals surface area contributed by atoms with Gasteiger partial charge in [-0.15, -0.1) is 0 Å². The minimum atomic E-state index is -0.250. The number of hydrogen-bond donors (Lipinski definition) is 2. The molecule has 1 saturated heterocycles. The quantitative estimate of drug-likeness (QED) is 0.809. The molecule has 0 radical (unpaired) electrons. The van der Waals surface area contributed by atoms with Crippen molar-refractivity contribution in [2.24, 2.45) is 0 Å². The summed E-state index contributed by atoms with van der Waals surface area (Å²) in [7, 11) is 0.